The number of rotatable bonds is 10. The van der Waals surface area contributed by atoms with Crippen LogP contribution >= 0.6 is 0 Å². The van der Waals surface area contributed by atoms with Crippen LogP contribution in [-0.2, 0) is 4.79 Å². The van der Waals surface area contributed by atoms with Gasteiger partial charge in [-0.05, 0) is 25.1 Å². The van der Waals surface area contributed by atoms with Gasteiger partial charge in [-0.15, -0.1) is 0 Å². The number of anilines is 1. The molecule has 1 aromatic rings. The molecule has 0 heterocycles. The summed E-state index contributed by atoms with van der Waals surface area (Å²) in [6.07, 6.45) is -1.34. The van der Waals surface area contributed by atoms with Crippen molar-refractivity contribution in [1.82, 2.24) is 10.6 Å². The van der Waals surface area contributed by atoms with E-state index >= 15 is 0 Å². The molecule has 11 nitrogen and oxygen atoms in total. The van der Waals surface area contributed by atoms with Gasteiger partial charge in [0.2, 0.25) is 0 Å². The number of carbonyl (C=O) groups is 3. The van der Waals surface area contributed by atoms with E-state index in [1.807, 2.05) is 0 Å². The van der Waals surface area contributed by atoms with Crippen LogP contribution in [0.25, 0.3) is 0 Å². The molecule has 1 aromatic carbocycles. The Bertz CT molecular complexity index is 643. The van der Waals surface area contributed by atoms with Crippen molar-refractivity contribution in [2.45, 2.75) is 25.1 Å². The van der Waals surface area contributed by atoms with Gasteiger partial charge in [0.1, 0.15) is 6.10 Å². The van der Waals surface area contributed by atoms with Crippen molar-refractivity contribution in [3.8, 4) is 0 Å². The number of hydrogen-bond donors (Lipinski definition) is 8. The molecule has 0 bridgehead atoms. The van der Waals surface area contributed by atoms with Crippen molar-refractivity contribution in [1.29, 1.82) is 0 Å². The molecule has 0 radical (unpaired) electrons. The lowest BCUT2D eigenvalue weighted by Crippen LogP contribution is -2.41. The number of hydrogen-bond acceptors (Lipinski definition) is 8. The summed E-state index contributed by atoms with van der Waals surface area (Å²) >= 11 is 0. The van der Waals surface area contributed by atoms with Gasteiger partial charge in [0, 0.05) is 16.8 Å². The van der Waals surface area contributed by atoms with E-state index in [1.165, 1.54) is 25.1 Å². The first-order valence-electron chi connectivity index (χ1n) is 8.44. The molecule has 11 heteroatoms. The van der Waals surface area contributed by atoms with Crippen molar-refractivity contribution < 1.29 is 39.9 Å². The highest BCUT2D eigenvalue weighted by Crippen LogP contribution is 2.16. The van der Waals surface area contributed by atoms with Gasteiger partial charge in [0.25, 0.3) is 17.7 Å². The molecule has 0 aliphatic carbocycles. The van der Waals surface area contributed by atoms with E-state index in [4.69, 9.17) is 20.4 Å². The predicted octanol–water partition coefficient (Wildman–Crippen LogP) is -2.83. The number of carbonyl (C=O) groups excluding carboxylic acids is 3. The van der Waals surface area contributed by atoms with Crippen LogP contribution in [0.1, 0.15) is 27.6 Å². The maximum Gasteiger partial charge on any atom is 0.252 e. The van der Waals surface area contributed by atoms with E-state index in [9.17, 15) is 19.5 Å². The zero-order chi connectivity index (χ0) is 21.3. The van der Waals surface area contributed by atoms with Crippen LogP contribution in [-0.4, -0.2) is 87.9 Å². The lowest BCUT2D eigenvalue weighted by molar-refractivity contribution is -0.123. The lowest BCUT2D eigenvalue weighted by atomic mass is 10.1. The summed E-state index contributed by atoms with van der Waals surface area (Å²) in [4.78, 5) is 36.4. The fraction of sp³-hybridized carbons (Fsp3) is 0.471. The van der Waals surface area contributed by atoms with E-state index in [2.05, 4.69) is 16.0 Å². The monoisotopic (exact) mass is 399 g/mol. The normalized spacial score (nSPS) is 12.0. The quantitative estimate of drug-likeness (QED) is 0.207. The Morgan fingerprint density at radius 3 is 1.54 bits per heavy atom. The third-order valence-corrected chi connectivity index (χ3v) is 3.66. The molecule has 0 unspecified atom stereocenters. The second-order valence-corrected chi connectivity index (χ2v) is 6.04. The van der Waals surface area contributed by atoms with Gasteiger partial charge in [-0.3, -0.25) is 14.4 Å². The van der Waals surface area contributed by atoms with E-state index in [0.717, 1.165) is 0 Å². The smallest absolute Gasteiger partial charge is 0.252 e. The molecule has 0 saturated heterocycles. The molecule has 8 N–H and O–H groups in total. The average Bonchev–Trinajstić information content (AvgIpc) is 2.69. The molecule has 0 aromatic heterocycles. The number of aliphatic hydroxyl groups is 5. The summed E-state index contributed by atoms with van der Waals surface area (Å²) < 4.78 is 0. The third-order valence-electron chi connectivity index (χ3n) is 3.66. The zero-order valence-electron chi connectivity index (χ0n) is 15.3. The molecule has 0 aliphatic heterocycles. The van der Waals surface area contributed by atoms with E-state index in [-0.39, 0.29) is 16.8 Å². The molecule has 0 aliphatic rings. The van der Waals surface area contributed by atoms with Crippen molar-refractivity contribution in [2.75, 3.05) is 31.7 Å². The van der Waals surface area contributed by atoms with Crippen LogP contribution in [0.5, 0.6) is 0 Å². The minimum atomic E-state index is -1.34. The first-order valence-corrected chi connectivity index (χ1v) is 8.44. The maximum atomic E-state index is 12.3. The second-order valence-electron chi connectivity index (χ2n) is 6.04. The van der Waals surface area contributed by atoms with Crippen molar-refractivity contribution in [2.24, 2.45) is 0 Å². The van der Waals surface area contributed by atoms with Gasteiger partial charge >= 0.3 is 0 Å². The second kappa shape index (κ2) is 11.3. The van der Waals surface area contributed by atoms with Crippen LogP contribution in [0.15, 0.2) is 18.2 Å². The molecule has 0 spiro atoms. The Morgan fingerprint density at radius 2 is 1.21 bits per heavy atom. The van der Waals surface area contributed by atoms with E-state index in [0.29, 0.717) is 0 Å². The highest BCUT2D eigenvalue weighted by Gasteiger charge is 2.19. The van der Waals surface area contributed by atoms with Crippen molar-refractivity contribution in [3.63, 3.8) is 0 Å². The summed E-state index contributed by atoms with van der Waals surface area (Å²) in [6.45, 7) is -0.809. The minimum absolute atomic E-state index is 0.0396. The summed E-state index contributed by atoms with van der Waals surface area (Å²) in [5.74, 6) is -2.22. The average molecular weight is 399 g/mol. The topological polar surface area (TPSA) is 188 Å². The Kier molecular flexibility index (Phi) is 9.48. The number of nitrogens with one attached hydrogen (secondary N) is 3. The van der Waals surface area contributed by atoms with Gasteiger partial charge in [0.15, 0.2) is 0 Å². The lowest BCUT2D eigenvalue weighted by Gasteiger charge is -2.17. The Labute approximate surface area is 161 Å². The molecule has 1 rings (SSSR count). The largest absolute Gasteiger partial charge is 0.394 e. The van der Waals surface area contributed by atoms with Crippen LogP contribution in [0.2, 0.25) is 0 Å². The van der Waals surface area contributed by atoms with Gasteiger partial charge in [-0.2, -0.15) is 0 Å². The minimum Gasteiger partial charge on any atom is -0.394 e. The molecular formula is C17H25N3O8. The predicted molar refractivity (Wildman–Crippen MR) is 97.6 cm³/mol. The number of amides is 3. The summed E-state index contributed by atoms with van der Waals surface area (Å²) in [7, 11) is 0. The SMILES string of the molecule is C[C@H](O)C(=O)Nc1cc(C(=O)NC(CO)CO)cc(C(=O)NC(CO)CO)c1. The van der Waals surface area contributed by atoms with Gasteiger partial charge < -0.3 is 41.5 Å². The van der Waals surface area contributed by atoms with Gasteiger partial charge in [-0.25, -0.2) is 0 Å². The van der Waals surface area contributed by atoms with Crippen LogP contribution in [0.4, 0.5) is 5.69 Å². The summed E-state index contributed by atoms with van der Waals surface area (Å²) in [5, 5.41) is 52.7. The Balaban J connectivity index is 3.21. The summed E-state index contributed by atoms with van der Waals surface area (Å²) in [5.41, 5.74) is -0.0900. The first-order chi connectivity index (χ1) is 13.2. The standard InChI is InChI=1S/C17H25N3O8/c1-9(25)15(26)18-12-3-10(16(27)19-13(5-21)6-22)2-11(4-12)17(28)20-14(7-23)8-24/h2-4,9,13-14,21-25H,5-8H2,1H3,(H,18,26)(H,19,27)(H,20,28)/t9-/m0/s1. The zero-order valence-corrected chi connectivity index (χ0v) is 15.3. The van der Waals surface area contributed by atoms with Crippen molar-refractivity contribution in [3.05, 3.63) is 29.3 Å². The van der Waals surface area contributed by atoms with Crippen molar-refractivity contribution >= 4 is 23.4 Å². The summed E-state index contributed by atoms with van der Waals surface area (Å²) in [6, 6.07) is 1.84. The molecule has 3 amide bonds. The molecule has 28 heavy (non-hydrogen) atoms. The molecule has 1 atom stereocenters. The van der Waals surface area contributed by atoms with Gasteiger partial charge in [0.05, 0.1) is 38.5 Å². The highest BCUT2D eigenvalue weighted by molar-refractivity contribution is 6.03. The Morgan fingerprint density at radius 1 is 0.821 bits per heavy atom. The molecule has 0 saturated carbocycles. The fourth-order valence-corrected chi connectivity index (χ4v) is 2.04. The fourth-order valence-electron chi connectivity index (χ4n) is 2.04. The number of aliphatic hydroxyl groups excluding tert-OH is 5. The number of benzene rings is 1. The van der Waals surface area contributed by atoms with Crippen LogP contribution in [0, 0.1) is 0 Å². The Hall–Kier alpha value is -2.57. The van der Waals surface area contributed by atoms with E-state index < -0.39 is 62.3 Å². The molecule has 156 valence electrons. The van der Waals surface area contributed by atoms with Crippen LogP contribution in [0.3, 0.4) is 0 Å². The third kappa shape index (κ3) is 6.87. The maximum absolute atomic E-state index is 12.3. The van der Waals surface area contributed by atoms with Crippen LogP contribution < -0.4 is 16.0 Å². The molecular weight excluding hydrogens is 374 g/mol. The highest BCUT2D eigenvalue weighted by atomic mass is 16.3. The first kappa shape index (κ1) is 23.5. The van der Waals surface area contributed by atoms with E-state index in [1.54, 1.807) is 0 Å². The molecule has 0 fully saturated rings. The van der Waals surface area contributed by atoms with Gasteiger partial charge in [-0.1, -0.05) is 0 Å².